The number of Topliss-reactive ketones (excluding diaryl/α,β-unsaturated/α-hetero) is 1. The standard InChI is InChI=1S/C12H16O/c1-5-7-8-12(6-2)10(3)9-11(4)13/h5-8H,2-3,9H2,1,4H3/b7-5-,12-8+. The van der Waals surface area contributed by atoms with Gasteiger partial charge in [-0.3, -0.25) is 4.79 Å². The highest BCUT2D eigenvalue weighted by Crippen LogP contribution is 2.13. The third-order valence-electron chi connectivity index (χ3n) is 1.56. The molecule has 13 heavy (non-hydrogen) atoms. The zero-order valence-corrected chi connectivity index (χ0v) is 8.34. The molecule has 0 atom stereocenters. The molecule has 0 aliphatic carbocycles. The van der Waals surface area contributed by atoms with E-state index in [0.29, 0.717) is 6.42 Å². The van der Waals surface area contributed by atoms with Gasteiger partial charge in [0.2, 0.25) is 0 Å². The second-order valence-electron chi connectivity index (χ2n) is 2.83. The lowest BCUT2D eigenvalue weighted by Gasteiger charge is -2.02. The molecule has 0 aromatic rings. The SMILES string of the molecule is C=C/C(=C\C=C/C)C(=C)CC(C)=O. The monoisotopic (exact) mass is 176 g/mol. The molecule has 0 aliphatic rings. The van der Waals surface area contributed by atoms with Crippen molar-refractivity contribution in [1.82, 2.24) is 0 Å². The Morgan fingerprint density at radius 3 is 2.46 bits per heavy atom. The molecule has 0 radical (unpaired) electrons. The molecule has 1 nitrogen and oxygen atoms in total. The molecule has 0 N–H and O–H groups in total. The van der Waals surface area contributed by atoms with Gasteiger partial charge < -0.3 is 0 Å². The Hall–Kier alpha value is -1.37. The van der Waals surface area contributed by atoms with Gasteiger partial charge in [0.15, 0.2) is 0 Å². The molecular formula is C12H16O. The molecule has 0 fully saturated rings. The number of allylic oxidation sites excluding steroid dienone is 6. The molecule has 0 saturated carbocycles. The Kier molecular flexibility index (Phi) is 5.53. The average molecular weight is 176 g/mol. The third-order valence-corrected chi connectivity index (χ3v) is 1.56. The normalized spacial score (nSPS) is 11.7. The number of hydrogen-bond donors (Lipinski definition) is 0. The lowest BCUT2D eigenvalue weighted by Crippen LogP contribution is -1.94. The van der Waals surface area contributed by atoms with Crippen LogP contribution in [0.3, 0.4) is 0 Å². The van der Waals surface area contributed by atoms with Crippen molar-refractivity contribution < 1.29 is 4.79 Å². The Morgan fingerprint density at radius 1 is 1.46 bits per heavy atom. The summed E-state index contributed by atoms with van der Waals surface area (Å²) in [5.74, 6) is 0.123. The van der Waals surface area contributed by atoms with Crippen molar-refractivity contribution in [3.05, 3.63) is 48.6 Å². The van der Waals surface area contributed by atoms with Crippen LogP contribution in [0, 0.1) is 0 Å². The van der Waals surface area contributed by atoms with Gasteiger partial charge in [0.05, 0.1) is 0 Å². The predicted octanol–water partition coefficient (Wildman–Crippen LogP) is 3.21. The van der Waals surface area contributed by atoms with Crippen LogP contribution >= 0.6 is 0 Å². The molecule has 70 valence electrons. The molecule has 1 heteroatoms. The van der Waals surface area contributed by atoms with Crippen molar-refractivity contribution in [2.45, 2.75) is 20.3 Å². The lowest BCUT2D eigenvalue weighted by molar-refractivity contribution is -0.116. The summed E-state index contributed by atoms with van der Waals surface area (Å²) >= 11 is 0. The van der Waals surface area contributed by atoms with Crippen LogP contribution in [0.4, 0.5) is 0 Å². The highest BCUT2D eigenvalue weighted by atomic mass is 16.1. The first-order valence-electron chi connectivity index (χ1n) is 4.24. The molecule has 0 aromatic heterocycles. The molecule has 0 rings (SSSR count). The van der Waals surface area contributed by atoms with E-state index in [0.717, 1.165) is 11.1 Å². The summed E-state index contributed by atoms with van der Waals surface area (Å²) in [5.41, 5.74) is 1.74. The van der Waals surface area contributed by atoms with E-state index in [1.165, 1.54) is 0 Å². The average Bonchev–Trinajstić information content (AvgIpc) is 2.04. The summed E-state index contributed by atoms with van der Waals surface area (Å²) in [7, 11) is 0. The quantitative estimate of drug-likeness (QED) is 0.588. The number of hydrogen-bond acceptors (Lipinski definition) is 1. The molecule has 0 saturated heterocycles. The Morgan fingerprint density at radius 2 is 2.08 bits per heavy atom. The van der Waals surface area contributed by atoms with Gasteiger partial charge >= 0.3 is 0 Å². The van der Waals surface area contributed by atoms with E-state index in [4.69, 9.17) is 0 Å². The smallest absolute Gasteiger partial charge is 0.134 e. The van der Waals surface area contributed by atoms with Gasteiger partial charge in [-0.2, -0.15) is 0 Å². The minimum absolute atomic E-state index is 0.123. The maximum Gasteiger partial charge on any atom is 0.134 e. The van der Waals surface area contributed by atoms with Crippen LogP contribution in [-0.4, -0.2) is 5.78 Å². The number of rotatable bonds is 5. The summed E-state index contributed by atoms with van der Waals surface area (Å²) in [6.07, 6.45) is 7.84. The van der Waals surface area contributed by atoms with Crippen LogP contribution in [0.25, 0.3) is 0 Å². The first kappa shape index (κ1) is 11.6. The second-order valence-corrected chi connectivity index (χ2v) is 2.83. The van der Waals surface area contributed by atoms with E-state index in [1.807, 2.05) is 25.2 Å². The van der Waals surface area contributed by atoms with Crippen molar-refractivity contribution >= 4 is 5.78 Å². The molecule has 0 bridgehead atoms. The highest BCUT2D eigenvalue weighted by molar-refractivity contribution is 5.79. The minimum Gasteiger partial charge on any atom is -0.300 e. The van der Waals surface area contributed by atoms with Gasteiger partial charge in [-0.05, 0) is 25.0 Å². The van der Waals surface area contributed by atoms with Gasteiger partial charge in [-0.15, -0.1) is 0 Å². The van der Waals surface area contributed by atoms with Gasteiger partial charge in [0.25, 0.3) is 0 Å². The van der Waals surface area contributed by atoms with Gasteiger partial charge in [-0.25, -0.2) is 0 Å². The number of carbonyl (C=O) groups is 1. The van der Waals surface area contributed by atoms with Crippen LogP contribution < -0.4 is 0 Å². The van der Waals surface area contributed by atoms with Crippen LogP contribution in [0.5, 0.6) is 0 Å². The van der Waals surface area contributed by atoms with Crippen LogP contribution in [0.2, 0.25) is 0 Å². The maximum absolute atomic E-state index is 10.8. The minimum atomic E-state index is 0.123. The fourth-order valence-electron chi connectivity index (χ4n) is 0.933. The maximum atomic E-state index is 10.8. The van der Waals surface area contributed by atoms with Crippen LogP contribution in [-0.2, 0) is 4.79 Å². The van der Waals surface area contributed by atoms with Gasteiger partial charge in [0, 0.05) is 6.42 Å². The van der Waals surface area contributed by atoms with E-state index < -0.39 is 0 Å². The lowest BCUT2D eigenvalue weighted by atomic mass is 10.0. The summed E-state index contributed by atoms with van der Waals surface area (Å²) in [4.78, 5) is 10.8. The molecule has 0 aliphatic heterocycles. The molecule has 0 spiro atoms. The summed E-state index contributed by atoms with van der Waals surface area (Å²) in [5, 5.41) is 0. The van der Waals surface area contributed by atoms with E-state index in [-0.39, 0.29) is 5.78 Å². The Bertz CT molecular complexity index is 267. The Balaban J connectivity index is 4.49. The molecule has 0 amide bonds. The van der Waals surface area contributed by atoms with Crippen LogP contribution in [0.15, 0.2) is 48.6 Å². The first-order chi connectivity index (χ1) is 6.11. The largest absolute Gasteiger partial charge is 0.300 e. The molecular weight excluding hydrogens is 160 g/mol. The van der Waals surface area contributed by atoms with Crippen LogP contribution in [0.1, 0.15) is 20.3 Å². The highest BCUT2D eigenvalue weighted by Gasteiger charge is 2.00. The predicted molar refractivity (Wildman–Crippen MR) is 57.5 cm³/mol. The van der Waals surface area contributed by atoms with E-state index in [9.17, 15) is 4.79 Å². The first-order valence-corrected chi connectivity index (χ1v) is 4.24. The summed E-state index contributed by atoms with van der Waals surface area (Å²) in [6, 6.07) is 0. The zero-order chi connectivity index (χ0) is 10.3. The Labute approximate surface area is 80.2 Å². The fraction of sp³-hybridized carbons (Fsp3) is 0.250. The van der Waals surface area contributed by atoms with Gasteiger partial charge in [0.1, 0.15) is 5.78 Å². The molecule has 0 heterocycles. The van der Waals surface area contributed by atoms with E-state index in [1.54, 1.807) is 13.0 Å². The van der Waals surface area contributed by atoms with E-state index in [2.05, 4.69) is 13.2 Å². The molecule has 0 unspecified atom stereocenters. The number of ketones is 1. The van der Waals surface area contributed by atoms with Gasteiger partial charge in [-0.1, -0.05) is 37.5 Å². The summed E-state index contributed by atoms with van der Waals surface area (Å²) < 4.78 is 0. The topological polar surface area (TPSA) is 17.1 Å². The van der Waals surface area contributed by atoms with Crippen molar-refractivity contribution in [2.24, 2.45) is 0 Å². The zero-order valence-electron chi connectivity index (χ0n) is 8.34. The van der Waals surface area contributed by atoms with Crippen molar-refractivity contribution in [3.63, 3.8) is 0 Å². The summed E-state index contributed by atoms with van der Waals surface area (Å²) in [6.45, 7) is 11.0. The van der Waals surface area contributed by atoms with Crippen molar-refractivity contribution in [3.8, 4) is 0 Å². The third kappa shape index (κ3) is 4.96. The second kappa shape index (κ2) is 6.18. The fourth-order valence-corrected chi connectivity index (χ4v) is 0.933. The molecule has 0 aromatic carbocycles. The van der Waals surface area contributed by atoms with Crippen molar-refractivity contribution in [1.29, 1.82) is 0 Å². The number of carbonyl (C=O) groups excluding carboxylic acids is 1. The van der Waals surface area contributed by atoms with E-state index >= 15 is 0 Å². The van der Waals surface area contributed by atoms with Crippen molar-refractivity contribution in [2.75, 3.05) is 0 Å².